The van der Waals surface area contributed by atoms with Gasteiger partial charge in [0.15, 0.2) is 0 Å². The normalized spacial score (nSPS) is 11.6. The van der Waals surface area contributed by atoms with Crippen molar-refractivity contribution in [1.29, 1.82) is 0 Å². The predicted molar refractivity (Wildman–Crippen MR) is 93.9 cm³/mol. The number of nitrogens with one attached hydrogen (secondary N) is 2. The van der Waals surface area contributed by atoms with E-state index in [2.05, 4.69) is 15.0 Å². The van der Waals surface area contributed by atoms with Crippen LogP contribution < -0.4 is 10.0 Å². The number of hydrogen-bond acceptors (Lipinski definition) is 4. The molecule has 0 radical (unpaired) electrons. The van der Waals surface area contributed by atoms with Crippen molar-refractivity contribution in [2.45, 2.75) is 11.8 Å². The molecule has 0 spiro atoms. The maximum Gasteiger partial charge on any atom is 0.252 e. The Labute approximate surface area is 145 Å². The number of pyridine rings is 1. The number of sulfonamides is 1. The summed E-state index contributed by atoms with van der Waals surface area (Å²) in [5.74, 6) is -0.273. The second kappa shape index (κ2) is 7.04. The van der Waals surface area contributed by atoms with E-state index in [9.17, 15) is 13.2 Å². The first-order valence-corrected chi connectivity index (χ1v) is 9.21. The first kappa shape index (κ1) is 17.1. The highest BCUT2D eigenvalue weighted by Gasteiger charge is 2.13. The fraction of sp³-hybridized carbons (Fsp3) is 0.176. The SMILES string of the molecule is Cc1ccc(S(=O)(=O)NCCNC(=O)c2ccc3nccn3c2)cc1. The number of carbonyl (C=O) groups is 1. The number of amides is 1. The van der Waals surface area contributed by atoms with Gasteiger partial charge in [0.1, 0.15) is 5.65 Å². The van der Waals surface area contributed by atoms with Gasteiger partial charge in [-0.05, 0) is 31.2 Å². The van der Waals surface area contributed by atoms with E-state index < -0.39 is 10.0 Å². The van der Waals surface area contributed by atoms with Gasteiger partial charge < -0.3 is 9.72 Å². The van der Waals surface area contributed by atoms with Gasteiger partial charge in [0.05, 0.1) is 10.5 Å². The lowest BCUT2D eigenvalue weighted by atomic mass is 10.2. The Hall–Kier alpha value is -2.71. The smallest absolute Gasteiger partial charge is 0.252 e. The molecule has 0 bridgehead atoms. The number of aryl methyl sites for hydroxylation is 1. The zero-order valence-corrected chi connectivity index (χ0v) is 14.5. The van der Waals surface area contributed by atoms with Gasteiger partial charge in [0.2, 0.25) is 10.0 Å². The van der Waals surface area contributed by atoms with E-state index in [0.29, 0.717) is 5.56 Å². The quantitative estimate of drug-likeness (QED) is 0.651. The van der Waals surface area contributed by atoms with Gasteiger partial charge in [0.25, 0.3) is 5.91 Å². The third-order valence-corrected chi connectivity index (χ3v) is 5.16. The maximum absolute atomic E-state index is 12.1. The van der Waals surface area contributed by atoms with Crippen molar-refractivity contribution in [2.24, 2.45) is 0 Å². The Morgan fingerprint density at radius 3 is 2.64 bits per heavy atom. The molecule has 25 heavy (non-hydrogen) atoms. The van der Waals surface area contributed by atoms with Crippen LogP contribution in [0.2, 0.25) is 0 Å². The summed E-state index contributed by atoms with van der Waals surface area (Å²) in [5, 5.41) is 2.69. The van der Waals surface area contributed by atoms with Crippen molar-refractivity contribution >= 4 is 21.6 Å². The molecule has 2 N–H and O–H groups in total. The molecule has 1 aromatic carbocycles. The van der Waals surface area contributed by atoms with Gasteiger partial charge in [-0.2, -0.15) is 0 Å². The molecule has 130 valence electrons. The molecule has 2 heterocycles. The van der Waals surface area contributed by atoms with E-state index in [1.807, 2.05) is 6.92 Å². The summed E-state index contributed by atoms with van der Waals surface area (Å²) in [7, 11) is -3.57. The Balaban J connectivity index is 1.53. The second-order valence-electron chi connectivity index (χ2n) is 5.58. The minimum absolute atomic E-state index is 0.106. The lowest BCUT2D eigenvalue weighted by Gasteiger charge is -2.08. The first-order chi connectivity index (χ1) is 12.0. The zero-order valence-electron chi connectivity index (χ0n) is 13.6. The van der Waals surface area contributed by atoms with Crippen molar-refractivity contribution in [3.05, 3.63) is 66.1 Å². The molecule has 3 rings (SSSR count). The number of rotatable bonds is 6. The topological polar surface area (TPSA) is 92.6 Å². The molecule has 0 aliphatic carbocycles. The van der Waals surface area contributed by atoms with Crippen LogP contribution in [0, 0.1) is 6.92 Å². The predicted octanol–water partition coefficient (Wildman–Crippen LogP) is 1.35. The molecule has 0 aliphatic heterocycles. The Kier molecular flexibility index (Phi) is 4.82. The average Bonchev–Trinajstić information content (AvgIpc) is 3.06. The second-order valence-corrected chi connectivity index (χ2v) is 7.34. The molecular formula is C17H18N4O3S. The molecule has 0 saturated heterocycles. The molecule has 0 saturated carbocycles. The van der Waals surface area contributed by atoms with E-state index >= 15 is 0 Å². The molecule has 8 heteroatoms. The van der Waals surface area contributed by atoms with Crippen LogP contribution in [0.3, 0.4) is 0 Å². The first-order valence-electron chi connectivity index (χ1n) is 7.73. The number of benzene rings is 1. The van der Waals surface area contributed by atoms with E-state index in [1.165, 1.54) is 0 Å². The molecule has 3 aromatic rings. The summed E-state index contributed by atoms with van der Waals surface area (Å²) in [6.07, 6.45) is 5.08. The van der Waals surface area contributed by atoms with Crippen LogP contribution >= 0.6 is 0 Å². The van der Waals surface area contributed by atoms with Crippen LogP contribution in [-0.2, 0) is 10.0 Å². The molecular weight excluding hydrogens is 340 g/mol. The molecule has 0 aliphatic rings. The van der Waals surface area contributed by atoms with E-state index in [4.69, 9.17) is 0 Å². The highest BCUT2D eigenvalue weighted by atomic mass is 32.2. The van der Waals surface area contributed by atoms with Crippen molar-refractivity contribution < 1.29 is 13.2 Å². The number of imidazole rings is 1. The van der Waals surface area contributed by atoms with Crippen molar-refractivity contribution in [3.63, 3.8) is 0 Å². The van der Waals surface area contributed by atoms with Gasteiger partial charge in [0, 0.05) is 31.7 Å². The summed E-state index contributed by atoms with van der Waals surface area (Å²) in [6.45, 7) is 2.18. The lowest BCUT2D eigenvalue weighted by molar-refractivity contribution is 0.0954. The van der Waals surface area contributed by atoms with Crippen LogP contribution in [0.15, 0.2) is 59.9 Å². The molecule has 2 aromatic heterocycles. The third-order valence-electron chi connectivity index (χ3n) is 3.68. The Morgan fingerprint density at radius 1 is 1.12 bits per heavy atom. The fourth-order valence-electron chi connectivity index (χ4n) is 2.32. The van der Waals surface area contributed by atoms with Crippen LogP contribution in [0.25, 0.3) is 5.65 Å². The van der Waals surface area contributed by atoms with Crippen molar-refractivity contribution in [1.82, 2.24) is 19.4 Å². The van der Waals surface area contributed by atoms with E-state index in [-0.39, 0.29) is 23.9 Å². The summed E-state index contributed by atoms with van der Waals surface area (Å²) in [4.78, 5) is 16.4. The van der Waals surface area contributed by atoms with Crippen LogP contribution in [0.1, 0.15) is 15.9 Å². The van der Waals surface area contributed by atoms with E-state index in [1.54, 1.807) is 59.4 Å². The van der Waals surface area contributed by atoms with Crippen LogP contribution in [-0.4, -0.2) is 36.8 Å². The summed E-state index contributed by atoms with van der Waals surface area (Å²) >= 11 is 0. The van der Waals surface area contributed by atoms with Crippen LogP contribution in [0.5, 0.6) is 0 Å². The van der Waals surface area contributed by atoms with Crippen LogP contribution in [0.4, 0.5) is 0 Å². The monoisotopic (exact) mass is 358 g/mol. The molecule has 1 amide bonds. The maximum atomic E-state index is 12.1. The zero-order chi connectivity index (χ0) is 17.9. The van der Waals surface area contributed by atoms with Gasteiger partial charge in [-0.1, -0.05) is 17.7 Å². The molecule has 0 fully saturated rings. The number of fused-ring (bicyclic) bond motifs is 1. The van der Waals surface area contributed by atoms with Gasteiger partial charge >= 0.3 is 0 Å². The third kappa shape index (κ3) is 4.04. The molecule has 7 nitrogen and oxygen atoms in total. The van der Waals surface area contributed by atoms with Gasteiger partial charge in [-0.15, -0.1) is 0 Å². The average molecular weight is 358 g/mol. The van der Waals surface area contributed by atoms with Crippen molar-refractivity contribution in [2.75, 3.05) is 13.1 Å². The Morgan fingerprint density at radius 2 is 1.88 bits per heavy atom. The number of nitrogens with zero attached hydrogens (tertiary/aromatic N) is 2. The fourth-order valence-corrected chi connectivity index (χ4v) is 3.35. The molecule has 0 unspecified atom stereocenters. The molecule has 0 atom stereocenters. The Bertz CT molecular complexity index is 994. The minimum atomic E-state index is -3.57. The summed E-state index contributed by atoms with van der Waals surface area (Å²) in [6, 6.07) is 10.0. The summed E-state index contributed by atoms with van der Waals surface area (Å²) < 4.78 is 28.5. The van der Waals surface area contributed by atoms with Crippen molar-refractivity contribution in [3.8, 4) is 0 Å². The lowest BCUT2D eigenvalue weighted by Crippen LogP contribution is -2.34. The van der Waals surface area contributed by atoms with Gasteiger partial charge in [-0.25, -0.2) is 18.1 Å². The number of carbonyl (C=O) groups excluding carboxylic acids is 1. The highest BCUT2D eigenvalue weighted by molar-refractivity contribution is 7.89. The number of aromatic nitrogens is 2. The number of hydrogen-bond donors (Lipinski definition) is 2. The standard InChI is InChI=1S/C17H18N4O3S/c1-13-2-5-15(6-3-13)25(23,24)20-9-8-19-17(22)14-4-7-16-18-10-11-21(16)12-14/h2-7,10-12,20H,8-9H2,1H3,(H,19,22). The highest BCUT2D eigenvalue weighted by Crippen LogP contribution is 2.09. The minimum Gasteiger partial charge on any atom is -0.351 e. The van der Waals surface area contributed by atoms with E-state index in [0.717, 1.165) is 11.2 Å². The largest absolute Gasteiger partial charge is 0.351 e. The van der Waals surface area contributed by atoms with Gasteiger partial charge in [-0.3, -0.25) is 4.79 Å². The summed E-state index contributed by atoms with van der Waals surface area (Å²) in [5.41, 5.74) is 2.22.